The van der Waals surface area contributed by atoms with E-state index < -0.39 is 11.7 Å². The maximum atomic E-state index is 10.9. The summed E-state index contributed by atoms with van der Waals surface area (Å²) in [5.41, 5.74) is 0.178. The fourth-order valence-corrected chi connectivity index (χ4v) is 3.19. The zero-order valence-corrected chi connectivity index (χ0v) is 14.5. The van der Waals surface area contributed by atoms with Crippen molar-refractivity contribution in [1.82, 2.24) is 14.7 Å². The number of nitrogens with zero attached hydrogens (tertiary/aromatic N) is 3. The number of hydrogen-bond acceptors (Lipinski definition) is 5. The molecular formula is C14H24BrN3O3. The molecular weight excluding hydrogens is 338 g/mol. The molecule has 1 saturated heterocycles. The van der Waals surface area contributed by atoms with Gasteiger partial charge in [0.05, 0.1) is 22.9 Å². The molecule has 1 fully saturated rings. The van der Waals surface area contributed by atoms with E-state index in [1.807, 2.05) is 18.8 Å². The zero-order valence-electron chi connectivity index (χ0n) is 12.9. The highest BCUT2D eigenvalue weighted by molar-refractivity contribution is 9.10. The normalized spacial score (nSPS) is 19.9. The number of aliphatic hydroxyl groups excluding tert-OH is 1. The number of methoxy groups -OCH3 is 1. The van der Waals surface area contributed by atoms with Gasteiger partial charge in [-0.1, -0.05) is 0 Å². The summed E-state index contributed by atoms with van der Waals surface area (Å²) in [4.78, 5) is 2.09. The minimum atomic E-state index is -0.731. The van der Waals surface area contributed by atoms with Gasteiger partial charge in [-0.3, -0.25) is 4.68 Å². The van der Waals surface area contributed by atoms with Gasteiger partial charge < -0.3 is 19.5 Å². The van der Waals surface area contributed by atoms with Crippen molar-refractivity contribution < 1.29 is 14.6 Å². The molecule has 0 amide bonds. The van der Waals surface area contributed by atoms with Gasteiger partial charge in [-0.05, 0) is 30.0 Å². The average molecular weight is 362 g/mol. The van der Waals surface area contributed by atoms with Gasteiger partial charge in [0.2, 0.25) is 0 Å². The summed E-state index contributed by atoms with van der Waals surface area (Å²) >= 11 is 3.50. The molecule has 6 nitrogen and oxygen atoms in total. The standard InChI is InChI=1S/C14H24BrN3O3/c1-17(2)6-7-18-12(11(15)10-16-18)13(19)14(20-3)4-8-21-9-5-14/h10,13,19H,4-9H2,1-3H3. The lowest BCUT2D eigenvalue weighted by atomic mass is 9.86. The Morgan fingerprint density at radius 3 is 2.76 bits per heavy atom. The van der Waals surface area contributed by atoms with Crippen LogP contribution in [0.1, 0.15) is 24.6 Å². The van der Waals surface area contributed by atoms with Gasteiger partial charge in [0.15, 0.2) is 0 Å². The molecule has 1 N–H and O–H groups in total. The first kappa shape index (κ1) is 16.9. The number of aromatic nitrogens is 2. The molecule has 2 heterocycles. The third kappa shape index (κ3) is 3.65. The second-order valence-electron chi connectivity index (χ2n) is 5.69. The van der Waals surface area contributed by atoms with Crippen molar-refractivity contribution in [3.05, 3.63) is 16.4 Å². The van der Waals surface area contributed by atoms with E-state index in [0.29, 0.717) is 26.1 Å². The number of ether oxygens (including phenoxy) is 2. The van der Waals surface area contributed by atoms with Crippen molar-refractivity contribution >= 4 is 15.9 Å². The number of aliphatic hydroxyl groups is 1. The van der Waals surface area contributed by atoms with Crippen LogP contribution < -0.4 is 0 Å². The van der Waals surface area contributed by atoms with Crippen LogP contribution in [0.5, 0.6) is 0 Å². The molecule has 1 atom stereocenters. The van der Waals surface area contributed by atoms with Gasteiger partial charge >= 0.3 is 0 Å². The molecule has 0 aliphatic carbocycles. The molecule has 7 heteroatoms. The Bertz CT molecular complexity index is 458. The number of hydrogen-bond donors (Lipinski definition) is 1. The van der Waals surface area contributed by atoms with E-state index in [-0.39, 0.29) is 0 Å². The van der Waals surface area contributed by atoms with Gasteiger partial charge in [0, 0.05) is 39.7 Å². The SMILES string of the molecule is COC1(C(O)c2c(Br)cnn2CCN(C)C)CCOCC1. The summed E-state index contributed by atoms with van der Waals surface area (Å²) in [5.74, 6) is 0. The van der Waals surface area contributed by atoms with E-state index >= 15 is 0 Å². The predicted octanol–water partition coefficient (Wildman–Crippen LogP) is 1.44. The van der Waals surface area contributed by atoms with E-state index in [9.17, 15) is 5.11 Å². The van der Waals surface area contributed by atoms with Gasteiger partial charge in [-0.2, -0.15) is 5.10 Å². The van der Waals surface area contributed by atoms with Gasteiger partial charge in [0.25, 0.3) is 0 Å². The summed E-state index contributed by atoms with van der Waals surface area (Å²) in [5, 5.41) is 15.3. The molecule has 1 aromatic heterocycles. The largest absolute Gasteiger partial charge is 0.384 e. The second-order valence-corrected chi connectivity index (χ2v) is 6.54. The molecule has 120 valence electrons. The highest BCUT2D eigenvalue weighted by Gasteiger charge is 2.43. The first-order valence-electron chi connectivity index (χ1n) is 7.17. The van der Waals surface area contributed by atoms with Gasteiger partial charge in [-0.15, -0.1) is 0 Å². The number of halogens is 1. The van der Waals surface area contributed by atoms with E-state index in [0.717, 1.165) is 23.3 Å². The van der Waals surface area contributed by atoms with Crippen molar-refractivity contribution in [3.8, 4) is 0 Å². The lowest BCUT2D eigenvalue weighted by Crippen LogP contribution is -2.44. The molecule has 1 unspecified atom stereocenters. The maximum absolute atomic E-state index is 10.9. The summed E-state index contributed by atoms with van der Waals surface area (Å²) in [6.45, 7) is 2.79. The lowest BCUT2D eigenvalue weighted by molar-refractivity contribution is -0.156. The fraction of sp³-hybridized carbons (Fsp3) is 0.786. The van der Waals surface area contributed by atoms with E-state index in [2.05, 4.69) is 25.9 Å². The van der Waals surface area contributed by atoms with Crippen LogP contribution in [0, 0.1) is 0 Å². The Kier molecular flexibility index (Phi) is 5.79. The Morgan fingerprint density at radius 1 is 1.52 bits per heavy atom. The Morgan fingerprint density at radius 2 is 2.19 bits per heavy atom. The number of rotatable bonds is 6. The van der Waals surface area contributed by atoms with E-state index in [1.54, 1.807) is 13.3 Å². The van der Waals surface area contributed by atoms with Crippen molar-refractivity contribution in [3.63, 3.8) is 0 Å². The third-order valence-electron chi connectivity index (χ3n) is 4.10. The van der Waals surface area contributed by atoms with Crippen LogP contribution in [0.25, 0.3) is 0 Å². The lowest BCUT2D eigenvalue weighted by Gasteiger charge is -2.39. The van der Waals surface area contributed by atoms with Crippen LogP contribution in [-0.2, 0) is 16.0 Å². The first-order valence-corrected chi connectivity index (χ1v) is 7.96. The summed E-state index contributed by atoms with van der Waals surface area (Å²) < 4.78 is 13.8. The van der Waals surface area contributed by atoms with Crippen LogP contribution in [0.3, 0.4) is 0 Å². The summed E-state index contributed by atoms with van der Waals surface area (Å²) in [7, 11) is 5.69. The molecule has 0 saturated carbocycles. The van der Waals surface area contributed by atoms with Crippen LogP contribution in [-0.4, -0.2) is 66.4 Å². The molecule has 1 aromatic rings. The summed E-state index contributed by atoms with van der Waals surface area (Å²) in [6, 6.07) is 0. The highest BCUT2D eigenvalue weighted by atomic mass is 79.9. The fourth-order valence-electron chi connectivity index (χ4n) is 2.67. The van der Waals surface area contributed by atoms with Gasteiger partial charge in [0.1, 0.15) is 11.7 Å². The van der Waals surface area contributed by atoms with E-state index in [1.165, 1.54) is 0 Å². The molecule has 1 aliphatic rings. The Labute approximate surface area is 134 Å². The van der Waals surface area contributed by atoms with Crippen LogP contribution >= 0.6 is 15.9 Å². The van der Waals surface area contributed by atoms with Crippen molar-refractivity contribution in [2.75, 3.05) is 41.0 Å². The molecule has 1 aliphatic heterocycles. The van der Waals surface area contributed by atoms with E-state index in [4.69, 9.17) is 9.47 Å². The second kappa shape index (κ2) is 7.19. The monoisotopic (exact) mass is 361 g/mol. The minimum absolute atomic E-state index is 0.601. The summed E-state index contributed by atoms with van der Waals surface area (Å²) in [6.07, 6.45) is 2.36. The topological polar surface area (TPSA) is 59.8 Å². The highest BCUT2D eigenvalue weighted by Crippen LogP contribution is 2.39. The third-order valence-corrected chi connectivity index (χ3v) is 4.71. The maximum Gasteiger partial charge on any atom is 0.126 e. The van der Waals surface area contributed by atoms with Crippen molar-refractivity contribution in [2.45, 2.75) is 31.1 Å². The molecule has 21 heavy (non-hydrogen) atoms. The number of likely N-dealkylation sites (N-methyl/N-ethyl adjacent to an activating group) is 1. The molecule has 0 bridgehead atoms. The first-order chi connectivity index (χ1) is 10.00. The van der Waals surface area contributed by atoms with Crippen LogP contribution in [0.4, 0.5) is 0 Å². The molecule has 0 spiro atoms. The van der Waals surface area contributed by atoms with Gasteiger partial charge in [-0.25, -0.2) is 0 Å². The predicted molar refractivity (Wildman–Crippen MR) is 83.2 cm³/mol. The van der Waals surface area contributed by atoms with Crippen LogP contribution in [0.2, 0.25) is 0 Å². The minimum Gasteiger partial charge on any atom is -0.384 e. The van der Waals surface area contributed by atoms with Crippen molar-refractivity contribution in [1.29, 1.82) is 0 Å². The average Bonchev–Trinajstić information content (AvgIpc) is 2.86. The molecule has 2 rings (SSSR count). The molecule has 0 aromatic carbocycles. The Hall–Kier alpha value is -0.470. The molecule has 0 radical (unpaired) electrons. The Balaban J connectivity index is 2.24. The van der Waals surface area contributed by atoms with Crippen molar-refractivity contribution in [2.24, 2.45) is 0 Å². The zero-order chi connectivity index (χ0) is 15.5. The van der Waals surface area contributed by atoms with Crippen LogP contribution in [0.15, 0.2) is 10.7 Å². The quantitative estimate of drug-likeness (QED) is 0.830. The smallest absolute Gasteiger partial charge is 0.126 e.